The number of aryl methyl sites for hydroxylation is 1. The van der Waals surface area contributed by atoms with Crippen molar-refractivity contribution in [3.8, 4) is 5.75 Å². The maximum atomic E-state index is 11.6. The fourth-order valence-corrected chi connectivity index (χ4v) is 2.52. The van der Waals surface area contributed by atoms with Gasteiger partial charge in [0, 0.05) is 0 Å². The first-order chi connectivity index (χ1) is 10.9. The molecule has 1 N–H and O–H groups in total. The molecule has 2 rings (SSSR count). The molecule has 0 aliphatic heterocycles. The Labute approximate surface area is 137 Å². The van der Waals surface area contributed by atoms with E-state index < -0.39 is 11.9 Å². The Morgan fingerprint density at radius 3 is 1.87 bits per heavy atom. The molecule has 23 heavy (non-hydrogen) atoms. The molecule has 122 valence electrons. The zero-order valence-corrected chi connectivity index (χ0v) is 14.0. The fraction of sp³-hybridized carbons (Fsp3) is 0.350. The van der Waals surface area contributed by atoms with Crippen LogP contribution in [0, 0.1) is 12.8 Å². The molecule has 0 amide bonds. The highest BCUT2D eigenvalue weighted by molar-refractivity contribution is 5.71. The molecule has 3 heteroatoms. The van der Waals surface area contributed by atoms with Crippen LogP contribution in [-0.4, -0.2) is 17.2 Å². The summed E-state index contributed by atoms with van der Waals surface area (Å²) in [7, 11) is 0. The Balaban J connectivity index is 2.04. The molecule has 0 aliphatic carbocycles. The predicted octanol–water partition coefficient (Wildman–Crippen LogP) is 4.27. The summed E-state index contributed by atoms with van der Waals surface area (Å²) in [4.78, 5) is 11.6. The smallest absolute Gasteiger partial charge is 0.307 e. The quantitative estimate of drug-likeness (QED) is 0.830. The van der Waals surface area contributed by atoms with Crippen LogP contribution in [0.4, 0.5) is 0 Å². The van der Waals surface area contributed by atoms with Gasteiger partial charge in [0.1, 0.15) is 5.75 Å². The Morgan fingerprint density at radius 1 is 0.957 bits per heavy atom. The Hall–Kier alpha value is -2.29. The van der Waals surface area contributed by atoms with Crippen LogP contribution in [0.5, 0.6) is 5.75 Å². The lowest BCUT2D eigenvalue weighted by Gasteiger charge is -2.14. The summed E-state index contributed by atoms with van der Waals surface area (Å²) in [5, 5.41) is 9.50. The van der Waals surface area contributed by atoms with Gasteiger partial charge in [0.15, 0.2) is 0 Å². The third-order valence-electron chi connectivity index (χ3n) is 3.73. The zero-order valence-electron chi connectivity index (χ0n) is 14.0. The van der Waals surface area contributed by atoms with Crippen molar-refractivity contribution in [1.82, 2.24) is 0 Å². The molecular formula is C20H24O3. The molecule has 0 heterocycles. The number of benzene rings is 2. The van der Waals surface area contributed by atoms with E-state index in [9.17, 15) is 9.90 Å². The van der Waals surface area contributed by atoms with E-state index in [0.29, 0.717) is 12.8 Å². The molecule has 0 saturated carbocycles. The van der Waals surface area contributed by atoms with Gasteiger partial charge in [-0.05, 0) is 56.9 Å². The second-order valence-electron chi connectivity index (χ2n) is 6.24. The van der Waals surface area contributed by atoms with Crippen molar-refractivity contribution in [3.63, 3.8) is 0 Å². The summed E-state index contributed by atoms with van der Waals surface area (Å²) in [6.07, 6.45) is 1.19. The maximum absolute atomic E-state index is 11.6. The summed E-state index contributed by atoms with van der Waals surface area (Å²) >= 11 is 0. The van der Waals surface area contributed by atoms with E-state index in [1.165, 1.54) is 5.56 Å². The highest BCUT2D eigenvalue weighted by Gasteiger charge is 2.18. The summed E-state index contributed by atoms with van der Waals surface area (Å²) in [6.45, 7) is 5.99. The molecule has 2 aromatic carbocycles. The van der Waals surface area contributed by atoms with Crippen molar-refractivity contribution in [1.29, 1.82) is 0 Å². The standard InChI is InChI=1S/C20H24O3/c1-14(2)23-19-10-8-17(9-11-19)13-18(20(21)22)12-16-6-4-15(3)5-7-16/h4-11,14,18H,12-13H2,1-3H3,(H,21,22). The number of hydrogen-bond donors (Lipinski definition) is 1. The molecule has 3 nitrogen and oxygen atoms in total. The van der Waals surface area contributed by atoms with Crippen LogP contribution in [0.2, 0.25) is 0 Å². The van der Waals surface area contributed by atoms with Crippen LogP contribution in [0.25, 0.3) is 0 Å². The molecule has 2 aromatic rings. The maximum Gasteiger partial charge on any atom is 0.307 e. The molecule has 1 atom stereocenters. The van der Waals surface area contributed by atoms with Crippen molar-refractivity contribution in [3.05, 3.63) is 65.2 Å². The number of carboxylic acid groups (broad SMARTS) is 1. The lowest BCUT2D eigenvalue weighted by atomic mass is 9.92. The first-order valence-corrected chi connectivity index (χ1v) is 7.98. The van der Waals surface area contributed by atoms with Crippen molar-refractivity contribution in [2.45, 2.75) is 39.7 Å². The lowest BCUT2D eigenvalue weighted by molar-refractivity contribution is -0.141. The number of ether oxygens (including phenoxy) is 1. The molecule has 0 saturated heterocycles. The first-order valence-electron chi connectivity index (χ1n) is 7.98. The predicted molar refractivity (Wildman–Crippen MR) is 91.9 cm³/mol. The van der Waals surface area contributed by atoms with Gasteiger partial charge in [-0.15, -0.1) is 0 Å². The molecule has 0 aliphatic rings. The molecule has 0 spiro atoms. The Kier molecular flexibility index (Phi) is 5.80. The lowest BCUT2D eigenvalue weighted by Crippen LogP contribution is -2.19. The number of carboxylic acids is 1. The number of aliphatic carboxylic acids is 1. The summed E-state index contributed by atoms with van der Waals surface area (Å²) < 4.78 is 5.61. The van der Waals surface area contributed by atoms with Crippen molar-refractivity contribution in [2.24, 2.45) is 5.92 Å². The monoisotopic (exact) mass is 312 g/mol. The van der Waals surface area contributed by atoms with Gasteiger partial charge in [-0.25, -0.2) is 0 Å². The summed E-state index contributed by atoms with van der Waals surface area (Å²) in [5.41, 5.74) is 3.25. The van der Waals surface area contributed by atoms with Gasteiger partial charge < -0.3 is 9.84 Å². The van der Waals surface area contributed by atoms with Gasteiger partial charge in [0.05, 0.1) is 12.0 Å². The Bertz CT molecular complexity index is 627. The third-order valence-corrected chi connectivity index (χ3v) is 3.73. The number of hydrogen-bond acceptors (Lipinski definition) is 2. The van der Waals surface area contributed by atoms with Gasteiger partial charge >= 0.3 is 5.97 Å². The number of carbonyl (C=O) groups is 1. The van der Waals surface area contributed by atoms with Crippen LogP contribution in [-0.2, 0) is 17.6 Å². The van der Waals surface area contributed by atoms with Crippen molar-refractivity contribution < 1.29 is 14.6 Å². The van der Waals surface area contributed by atoms with E-state index >= 15 is 0 Å². The average Bonchev–Trinajstić information content (AvgIpc) is 2.50. The van der Waals surface area contributed by atoms with Crippen LogP contribution in [0.1, 0.15) is 30.5 Å². The summed E-state index contributed by atoms with van der Waals surface area (Å²) in [6, 6.07) is 15.8. The van der Waals surface area contributed by atoms with Gasteiger partial charge in [0.2, 0.25) is 0 Å². The average molecular weight is 312 g/mol. The van der Waals surface area contributed by atoms with Gasteiger partial charge in [-0.1, -0.05) is 42.0 Å². The van der Waals surface area contributed by atoms with Crippen molar-refractivity contribution >= 4 is 5.97 Å². The van der Waals surface area contributed by atoms with E-state index in [4.69, 9.17) is 4.74 Å². The third kappa shape index (κ3) is 5.44. The van der Waals surface area contributed by atoms with E-state index in [1.807, 2.05) is 69.3 Å². The minimum Gasteiger partial charge on any atom is -0.491 e. The molecule has 0 fully saturated rings. The van der Waals surface area contributed by atoms with Crippen LogP contribution in [0.15, 0.2) is 48.5 Å². The molecule has 0 aromatic heterocycles. The van der Waals surface area contributed by atoms with Crippen LogP contribution < -0.4 is 4.74 Å². The largest absolute Gasteiger partial charge is 0.491 e. The van der Waals surface area contributed by atoms with Gasteiger partial charge in [0.25, 0.3) is 0 Å². The van der Waals surface area contributed by atoms with Crippen molar-refractivity contribution in [2.75, 3.05) is 0 Å². The first kappa shape index (κ1) is 17.1. The molecule has 1 unspecified atom stereocenters. The topological polar surface area (TPSA) is 46.5 Å². The zero-order chi connectivity index (χ0) is 16.8. The molecule has 0 radical (unpaired) electrons. The van der Waals surface area contributed by atoms with E-state index in [2.05, 4.69) is 0 Å². The SMILES string of the molecule is Cc1ccc(CC(Cc2ccc(OC(C)C)cc2)C(=O)O)cc1. The Morgan fingerprint density at radius 2 is 1.43 bits per heavy atom. The fourth-order valence-electron chi connectivity index (χ4n) is 2.52. The molecule has 0 bridgehead atoms. The van der Waals surface area contributed by atoms with E-state index in [-0.39, 0.29) is 6.10 Å². The minimum atomic E-state index is -0.756. The number of rotatable bonds is 7. The van der Waals surface area contributed by atoms with E-state index in [1.54, 1.807) is 0 Å². The van der Waals surface area contributed by atoms with E-state index in [0.717, 1.165) is 16.9 Å². The minimum absolute atomic E-state index is 0.133. The normalized spacial score (nSPS) is 12.2. The highest BCUT2D eigenvalue weighted by Crippen LogP contribution is 2.19. The second-order valence-corrected chi connectivity index (χ2v) is 6.24. The van der Waals surface area contributed by atoms with Gasteiger partial charge in [-0.3, -0.25) is 4.79 Å². The van der Waals surface area contributed by atoms with Crippen LogP contribution >= 0.6 is 0 Å². The second kappa shape index (κ2) is 7.82. The van der Waals surface area contributed by atoms with Crippen LogP contribution in [0.3, 0.4) is 0 Å². The highest BCUT2D eigenvalue weighted by atomic mass is 16.5. The van der Waals surface area contributed by atoms with Gasteiger partial charge in [-0.2, -0.15) is 0 Å². The summed E-state index contributed by atoms with van der Waals surface area (Å²) in [5.74, 6) is -0.364. The molecular weight excluding hydrogens is 288 g/mol.